The Balaban J connectivity index is 1.67. The number of carbonyl (C=O) groups excluding carboxylic acids is 2. The van der Waals surface area contributed by atoms with Crippen LogP contribution in [0.3, 0.4) is 0 Å². The fourth-order valence-electron chi connectivity index (χ4n) is 5.36. The molecule has 1 aliphatic heterocycles. The van der Waals surface area contributed by atoms with Crippen molar-refractivity contribution >= 4 is 23.8 Å². The molecule has 6 N–H and O–H groups in total. The van der Waals surface area contributed by atoms with E-state index in [1.165, 1.54) is 0 Å². The third-order valence-corrected chi connectivity index (χ3v) is 7.98. The average molecular weight is 621 g/mol. The standard InChI is InChI=1S/C31H39F3N4O6/c1-3-17(2)28(37-25(30(41)42)10-9-18-7-5-4-6-8-18)29(40)38-16-21(14-26(38)31(43)44)36-27(39)13-20(35)11-19-12-23(33)24(34)15-22(19)32/h4-8,12,15,17,20-21,25-26,28,37H,3,9-11,13-14,16,35H2,1-2H3,(H,36,39)(H,41,42)(H,43,44)/t17-,20+,21-,25-,26-,28-/m0/s1. The minimum atomic E-state index is -1.35. The molecule has 3 rings (SSSR count). The minimum absolute atomic E-state index is 0.0938. The Morgan fingerprint density at radius 3 is 2.32 bits per heavy atom. The fraction of sp³-hybridized carbons (Fsp3) is 0.484. The highest BCUT2D eigenvalue weighted by Crippen LogP contribution is 2.23. The second kappa shape index (κ2) is 15.7. The topological polar surface area (TPSA) is 162 Å². The molecular formula is C31H39F3N4O6. The molecule has 13 heteroatoms. The van der Waals surface area contributed by atoms with Crippen LogP contribution in [0.15, 0.2) is 42.5 Å². The summed E-state index contributed by atoms with van der Waals surface area (Å²) in [6.45, 7) is 3.47. The molecule has 1 heterocycles. The summed E-state index contributed by atoms with van der Waals surface area (Å²) in [5, 5.41) is 25.4. The molecule has 0 saturated carbocycles. The molecule has 2 aromatic carbocycles. The predicted molar refractivity (Wildman–Crippen MR) is 155 cm³/mol. The Labute approximate surface area is 253 Å². The summed E-state index contributed by atoms with van der Waals surface area (Å²) >= 11 is 0. The third kappa shape index (κ3) is 9.26. The van der Waals surface area contributed by atoms with Gasteiger partial charge < -0.3 is 26.2 Å². The van der Waals surface area contributed by atoms with Gasteiger partial charge in [-0.05, 0) is 42.4 Å². The van der Waals surface area contributed by atoms with Crippen molar-refractivity contribution in [2.75, 3.05) is 6.54 Å². The van der Waals surface area contributed by atoms with Gasteiger partial charge in [-0.1, -0.05) is 50.6 Å². The number of rotatable bonds is 15. The van der Waals surface area contributed by atoms with Gasteiger partial charge in [-0.15, -0.1) is 0 Å². The summed E-state index contributed by atoms with van der Waals surface area (Å²) in [5.74, 6) is -7.51. The molecular weight excluding hydrogens is 581 g/mol. The van der Waals surface area contributed by atoms with Gasteiger partial charge in [0, 0.05) is 37.5 Å². The Hall–Kier alpha value is -3.97. The van der Waals surface area contributed by atoms with Crippen LogP contribution in [0.4, 0.5) is 13.2 Å². The number of amides is 2. The lowest BCUT2D eigenvalue weighted by atomic mass is 9.95. The lowest BCUT2D eigenvalue weighted by Gasteiger charge is -2.32. The third-order valence-electron chi connectivity index (χ3n) is 7.98. The number of aliphatic carboxylic acids is 2. The lowest BCUT2D eigenvalue weighted by Crippen LogP contribution is -2.56. The van der Waals surface area contributed by atoms with Crippen molar-refractivity contribution in [3.8, 4) is 0 Å². The summed E-state index contributed by atoms with van der Waals surface area (Å²) in [7, 11) is 0. The van der Waals surface area contributed by atoms with E-state index in [0.717, 1.165) is 10.5 Å². The molecule has 2 aromatic rings. The van der Waals surface area contributed by atoms with Crippen LogP contribution >= 0.6 is 0 Å². The maximum Gasteiger partial charge on any atom is 0.326 e. The zero-order valence-electron chi connectivity index (χ0n) is 24.6. The predicted octanol–water partition coefficient (Wildman–Crippen LogP) is 2.62. The quantitative estimate of drug-likeness (QED) is 0.190. The van der Waals surface area contributed by atoms with Crippen LogP contribution in [0.2, 0.25) is 0 Å². The van der Waals surface area contributed by atoms with Gasteiger partial charge in [0.1, 0.15) is 17.9 Å². The molecule has 0 spiro atoms. The first-order chi connectivity index (χ1) is 20.8. The fourth-order valence-corrected chi connectivity index (χ4v) is 5.36. The van der Waals surface area contributed by atoms with Gasteiger partial charge in [0.25, 0.3) is 0 Å². The summed E-state index contributed by atoms with van der Waals surface area (Å²) in [5.41, 5.74) is 6.69. The second-order valence-electron chi connectivity index (χ2n) is 11.3. The van der Waals surface area contributed by atoms with E-state index < -0.39 is 71.4 Å². The molecule has 6 atom stereocenters. The largest absolute Gasteiger partial charge is 0.480 e. The van der Waals surface area contributed by atoms with Crippen molar-refractivity contribution < 1.29 is 42.6 Å². The van der Waals surface area contributed by atoms with E-state index in [4.69, 9.17) is 5.73 Å². The van der Waals surface area contributed by atoms with Gasteiger partial charge in [0.15, 0.2) is 11.6 Å². The van der Waals surface area contributed by atoms with Crippen LogP contribution in [0.25, 0.3) is 0 Å². The molecule has 44 heavy (non-hydrogen) atoms. The van der Waals surface area contributed by atoms with Crippen molar-refractivity contribution in [3.05, 3.63) is 71.0 Å². The van der Waals surface area contributed by atoms with Gasteiger partial charge in [0.2, 0.25) is 11.8 Å². The number of nitrogens with one attached hydrogen (secondary N) is 2. The van der Waals surface area contributed by atoms with E-state index in [1.807, 2.05) is 37.3 Å². The first-order valence-electron chi connectivity index (χ1n) is 14.5. The highest BCUT2D eigenvalue weighted by molar-refractivity contribution is 5.89. The smallest absolute Gasteiger partial charge is 0.326 e. The van der Waals surface area contributed by atoms with E-state index in [0.29, 0.717) is 25.0 Å². The van der Waals surface area contributed by atoms with E-state index in [1.54, 1.807) is 6.92 Å². The zero-order chi connectivity index (χ0) is 32.6. The molecule has 1 fully saturated rings. The van der Waals surface area contributed by atoms with Gasteiger partial charge in [-0.2, -0.15) is 0 Å². The number of aryl methyl sites for hydroxylation is 1. The Morgan fingerprint density at radius 2 is 1.70 bits per heavy atom. The molecule has 0 unspecified atom stereocenters. The Bertz CT molecular complexity index is 1330. The number of carbonyl (C=O) groups is 4. The van der Waals surface area contributed by atoms with E-state index in [-0.39, 0.29) is 43.7 Å². The maximum atomic E-state index is 14.0. The van der Waals surface area contributed by atoms with Crippen LogP contribution in [-0.2, 0) is 32.0 Å². The summed E-state index contributed by atoms with van der Waals surface area (Å²) in [6, 6.07) is 5.35. The van der Waals surface area contributed by atoms with Crippen molar-refractivity contribution in [2.45, 2.75) is 82.6 Å². The van der Waals surface area contributed by atoms with Crippen molar-refractivity contribution in [3.63, 3.8) is 0 Å². The first-order valence-corrected chi connectivity index (χ1v) is 14.5. The van der Waals surface area contributed by atoms with Crippen molar-refractivity contribution in [1.82, 2.24) is 15.5 Å². The zero-order valence-corrected chi connectivity index (χ0v) is 24.6. The number of carboxylic acids is 2. The molecule has 1 aliphatic rings. The number of hydrogen-bond donors (Lipinski definition) is 5. The van der Waals surface area contributed by atoms with Gasteiger partial charge in [-0.3, -0.25) is 19.7 Å². The summed E-state index contributed by atoms with van der Waals surface area (Å²) in [6.07, 6.45) is 0.502. The normalized spacial score (nSPS) is 19.2. The van der Waals surface area contributed by atoms with Crippen LogP contribution in [0.5, 0.6) is 0 Å². The number of hydrogen-bond acceptors (Lipinski definition) is 6. The minimum Gasteiger partial charge on any atom is -0.480 e. The van der Waals surface area contributed by atoms with E-state index >= 15 is 0 Å². The highest BCUT2D eigenvalue weighted by atomic mass is 19.2. The molecule has 1 saturated heterocycles. The SMILES string of the molecule is CC[C@H](C)[C@H](N[C@@H](CCc1ccccc1)C(=O)O)C(=O)N1C[C@@H](NC(=O)C[C@H](N)Cc2cc(F)c(F)cc2F)C[C@H]1C(=O)O. The lowest BCUT2D eigenvalue weighted by molar-refractivity contribution is -0.150. The van der Waals surface area contributed by atoms with Crippen LogP contribution in [-0.4, -0.2) is 75.6 Å². The molecule has 0 radical (unpaired) electrons. The molecule has 0 aliphatic carbocycles. The number of likely N-dealkylation sites (tertiary alicyclic amines) is 1. The van der Waals surface area contributed by atoms with E-state index in [2.05, 4.69) is 10.6 Å². The van der Waals surface area contributed by atoms with Crippen LogP contribution < -0.4 is 16.4 Å². The molecule has 0 aromatic heterocycles. The summed E-state index contributed by atoms with van der Waals surface area (Å²) in [4.78, 5) is 51.9. The number of halogens is 3. The molecule has 240 valence electrons. The van der Waals surface area contributed by atoms with Gasteiger partial charge in [0.05, 0.1) is 6.04 Å². The van der Waals surface area contributed by atoms with Gasteiger partial charge in [-0.25, -0.2) is 18.0 Å². The monoisotopic (exact) mass is 620 g/mol. The average Bonchev–Trinajstić information content (AvgIpc) is 3.39. The van der Waals surface area contributed by atoms with Crippen LogP contribution in [0, 0.1) is 23.4 Å². The number of nitrogens with two attached hydrogens (primary N) is 1. The molecule has 10 nitrogen and oxygen atoms in total. The van der Waals surface area contributed by atoms with Crippen molar-refractivity contribution in [2.24, 2.45) is 11.7 Å². The van der Waals surface area contributed by atoms with Gasteiger partial charge >= 0.3 is 11.9 Å². The second-order valence-corrected chi connectivity index (χ2v) is 11.3. The molecule has 0 bridgehead atoms. The maximum absolute atomic E-state index is 14.0. The number of benzene rings is 2. The van der Waals surface area contributed by atoms with Crippen molar-refractivity contribution in [1.29, 1.82) is 0 Å². The number of carboxylic acid groups (broad SMARTS) is 2. The Morgan fingerprint density at radius 1 is 1.05 bits per heavy atom. The molecule has 2 amide bonds. The van der Waals surface area contributed by atoms with Crippen LogP contribution in [0.1, 0.15) is 50.7 Å². The highest BCUT2D eigenvalue weighted by Gasteiger charge is 2.44. The number of nitrogens with zero attached hydrogens (tertiary/aromatic N) is 1. The van der Waals surface area contributed by atoms with E-state index in [9.17, 15) is 42.6 Å². The first kappa shape index (κ1) is 34.5. The summed E-state index contributed by atoms with van der Waals surface area (Å²) < 4.78 is 40.7. The Kier molecular flexibility index (Phi) is 12.3.